The summed E-state index contributed by atoms with van der Waals surface area (Å²) in [5, 5.41) is 9.97. The average molecular weight is 220 g/mol. The lowest BCUT2D eigenvalue weighted by molar-refractivity contribution is -0.142. The van der Waals surface area contributed by atoms with Gasteiger partial charge in [0.15, 0.2) is 6.10 Å². The van der Waals surface area contributed by atoms with Gasteiger partial charge in [-0.15, -0.1) is 0 Å². The van der Waals surface area contributed by atoms with Crippen LogP contribution in [-0.2, 0) is 9.53 Å². The first-order chi connectivity index (χ1) is 7.70. The van der Waals surface area contributed by atoms with E-state index in [-0.39, 0.29) is 0 Å². The largest absolute Gasteiger partial charge is 0.497 e. The van der Waals surface area contributed by atoms with Gasteiger partial charge in [0.2, 0.25) is 0 Å². The van der Waals surface area contributed by atoms with Crippen LogP contribution in [0.25, 0.3) is 0 Å². The van der Waals surface area contributed by atoms with Crippen LogP contribution in [0.1, 0.15) is 11.7 Å². The summed E-state index contributed by atoms with van der Waals surface area (Å²) >= 11 is 0. The van der Waals surface area contributed by atoms with Gasteiger partial charge < -0.3 is 14.6 Å². The van der Waals surface area contributed by atoms with Gasteiger partial charge in [0.05, 0.1) is 7.11 Å². The lowest BCUT2D eigenvalue weighted by Crippen LogP contribution is -2.18. The molecule has 0 aliphatic carbocycles. The Morgan fingerprint density at radius 1 is 1.50 bits per heavy atom. The normalized spacial score (nSPS) is 20.6. The molecule has 0 radical (unpaired) electrons. The summed E-state index contributed by atoms with van der Waals surface area (Å²) in [6.07, 6.45) is 1.39. The second kappa shape index (κ2) is 4.37. The topological polar surface area (TPSA) is 55.8 Å². The number of carbonyl (C=O) groups is 1. The van der Waals surface area contributed by atoms with Crippen LogP contribution in [0, 0.1) is 0 Å². The van der Waals surface area contributed by atoms with Crippen LogP contribution >= 0.6 is 0 Å². The molecule has 0 bridgehead atoms. The third kappa shape index (κ3) is 2.06. The van der Waals surface area contributed by atoms with Gasteiger partial charge in [-0.3, -0.25) is 0 Å². The molecule has 1 aliphatic rings. The molecule has 0 spiro atoms. The van der Waals surface area contributed by atoms with Crippen molar-refractivity contribution in [2.45, 2.75) is 12.2 Å². The van der Waals surface area contributed by atoms with Gasteiger partial charge in [0, 0.05) is 6.08 Å². The number of rotatable bonds is 3. The van der Waals surface area contributed by atoms with Crippen LogP contribution in [0.4, 0.5) is 0 Å². The molecule has 4 nitrogen and oxygen atoms in total. The fourth-order valence-electron chi connectivity index (χ4n) is 1.57. The Labute approximate surface area is 93.1 Å². The number of cyclic esters (lactones) is 1. The third-order valence-electron chi connectivity index (χ3n) is 2.42. The molecule has 1 aromatic carbocycles. The Balaban J connectivity index is 2.17. The number of aliphatic hydroxyl groups excluding tert-OH is 1. The number of hydrogen-bond donors (Lipinski definition) is 1. The van der Waals surface area contributed by atoms with Gasteiger partial charge in [0.25, 0.3) is 0 Å². The Hall–Kier alpha value is -1.81. The number of ether oxygens (including phenoxy) is 2. The van der Waals surface area contributed by atoms with Crippen LogP contribution in [-0.4, -0.2) is 24.3 Å². The van der Waals surface area contributed by atoms with Gasteiger partial charge >= 0.3 is 5.97 Å². The molecule has 1 heterocycles. The first kappa shape index (κ1) is 10.7. The fourth-order valence-corrected chi connectivity index (χ4v) is 1.57. The molecule has 0 amide bonds. The number of esters is 1. The van der Waals surface area contributed by atoms with Crippen molar-refractivity contribution in [3.63, 3.8) is 0 Å². The molecule has 0 saturated heterocycles. The van der Waals surface area contributed by atoms with E-state index in [0.29, 0.717) is 11.3 Å². The van der Waals surface area contributed by atoms with Gasteiger partial charge in [-0.25, -0.2) is 4.79 Å². The number of carbonyl (C=O) groups excluding carboxylic acids is 1. The lowest BCUT2D eigenvalue weighted by atomic mass is 10.0. The Morgan fingerprint density at radius 3 is 2.94 bits per heavy atom. The number of hydrogen-bond acceptors (Lipinski definition) is 4. The highest BCUT2D eigenvalue weighted by atomic mass is 16.6. The molecule has 1 aliphatic heterocycles. The summed E-state index contributed by atoms with van der Waals surface area (Å²) in [5.74, 6) is 0.233. The van der Waals surface area contributed by atoms with Crippen molar-refractivity contribution in [2.24, 2.45) is 0 Å². The van der Waals surface area contributed by atoms with Crippen LogP contribution < -0.4 is 4.74 Å². The maximum Gasteiger partial charge on any atom is 0.331 e. The SMILES string of the molecule is COc1cccc([C@@H](O)[C@H]2C=CC(=O)O2)c1. The first-order valence-corrected chi connectivity index (χ1v) is 4.91. The first-order valence-electron chi connectivity index (χ1n) is 4.91. The molecule has 16 heavy (non-hydrogen) atoms. The highest BCUT2D eigenvalue weighted by Gasteiger charge is 2.26. The van der Waals surface area contributed by atoms with E-state index in [0.717, 1.165) is 0 Å². The number of aliphatic hydroxyl groups is 1. The van der Waals surface area contributed by atoms with Crippen molar-refractivity contribution >= 4 is 5.97 Å². The molecule has 0 aromatic heterocycles. The van der Waals surface area contributed by atoms with Crippen molar-refractivity contribution in [3.8, 4) is 5.75 Å². The molecule has 0 fully saturated rings. The standard InChI is InChI=1S/C12H12O4/c1-15-9-4-2-3-8(7-9)12(14)10-5-6-11(13)16-10/h2-7,10,12,14H,1H3/t10-,12-/m1/s1. The average Bonchev–Trinajstić information content (AvgIpc) is 2.75. The second-order valence-electron chi connectivity index (χ2n) is 3.48. The zero-order valence-electron chi connectivity index (χ0n) is 8.79. The minimum absolute atomic E-state index is 0.424. The molecule has 1 N–H and O–H groups in total. The molecular formula is C12H12O4. The monoisotopic (exact) mass is 220 g/mol. The van der Waals surface area contributed by atoms with E-state index in [1.807, 2.05) is 0 Å². The minimum atomic E-state index is -0.863. The van der Waals surface area contributed by atoms with E-state index in [1.165, 1.54) is 6.08 Å². The van der Waals surface area contributed by atoms with E-state index in [2.05, 4.69) is 0 Å². The summed E-state index contributed by atoms with van der Waals surface area (Å²) in [7, 11) is 1.56. The number of benzene rings is 1. The summed E-state index contributed by atoms with van der Waals surface area (Å²) in [6.45, 7) is 0. The minimum Gasteiger partial charge on any atom is -0.497 e. The van der Waals surface area contributed by atoms with Gasteiger partial charge in [-0.1, -0.05) is 12.1 Å². The predicted octanol–water partition coefficient (Wildman–Crippen LogP) is 1.21. The van der Waals surface area contributed by atoms with Crippen molar-refractivity contribution in [2.75, 3.05) is 7.11 Å². The van der Waals surface area contributed by atoms with Gasteiger partial charge in [-0.05, 0) is 23.8 Å². The van der Waals surface area contributed by atoms with E-state index >= 15 is 0 Å². The molecular weight excluding hydrogens is 208 g/mol. The fraction of sp³-hybridized carbons (Fsp3) is 0.250. The lowest BCUT2D eigenvalue weighted by Gasteiger charge is -2.17. The van der Waals surface area contributed by atoms with Crippen molar-refractivity contribution < 1.29 is 19.4 Å². The zero-order valence-corrected chi connectivity index (χ0v) is 8.79. The van der Waals surface area contributed by atoms with E-state index in [9.17, 15) is 9.90 Å². The maximum absolute atomic E-state index is 10.9. The van der Waals surface area contributed by atoms with E-state index < -0.39 is 18.2 Å². The zero-order chi connectivity index (χ0) is 11.5. The summed E-state index contributed by atoms with van der Waals surface area (Å²) in [6, 6.07) is 7.03. The molecule has 0 saturated carbocycles. The molecule has 1 aromatic rings. The van der Waals surface area contributed by atoms with Crippen LogP contribution in [0.15, 0.2) is 36.4 Å². The van der Waals surface area contributed by atoms with E-state index in [1.54, 1.807) is 37.5 Å². The summed E-state index contributed by atoms with van der Waals surface area (Å²) in [4.78, 5) is 10.9. The smallest absolute Gasteiger partial charge is 0.331 e. The predicted molar refractivity (Wildman–Crippen MR) is 57.0 cm³/mol. The second-order valence-corrected chi connectivity index (χ2v) is 3.48. The van der Waals surface area contributed by atoms with E-state index in [4.69, 9.17) is 9.47 Å². The molecule has 84 valence electrons. The van der Waals surface area contributed by atoms with Crippen molar-refractivity contribution in [3.05, 3.63) is 42.0 Å². The van der Waals surface area contributed by atoms with Gasteiger partial charge in [-0.2, -0.15) is 0 Å². The summed E-state index contributed by atoms with van der Waals surface area (Å²) < 4.78 is 9.96. The summed E-state index contributed by atoms with van der Waals surface area (Å²) in [5.41, 5.74) is 0.656. The molecule has 0 unspecified atom stereocenters. The maximum atomic E-state index is 10.9. The van der Waals surface area contributed by atoms with Crippen LogP contribution in [0.5, 0.6) is 5.75 Å². The van der Waals surface area contributed by atoms with Crippen molar-refractivity contribution in [1.82, 2.24) is 0 Å². The Morgan fingerprint density at radius 2 is 2.31 bits per heavy atom. The molecule has 4 heteroatoms. The molecule has 2 atom stereocenters. The van der Waals surface area contributed by atoms with Crippen molar-refractivity contribution in [1.29, 1.82) is 0 Å². The molecule has 2 rings (SSSR count). The quantitative estimate of drug-likeness (QED) is 0.778. The number of methoxy groups -OCH3 is 1. The van der Waals surface area contributed by atoms with Gasteiger partial charge in [0.1, 0.15) is 11.9 Å². The third-order valence-corrected chi connectivity index (χ3v) is 2.42. The van der Waals surface area contributed by atoms with Crippen LogP contribution in [0.3, 0.4) is 0 Å². The highest BCUT2D eigenvalue weighted by molar-refractivity contribution is 5.84. The Kier molecular flexibility index (Phi) is 2.92. The highest BCUT2D eigenvalue weighted by Crippen LogP contribution is 2.25. The van der Waals surface area contributed by atoms with Crippen LogP contribution in [0.2, 0.25) is 0 Å². The Bertz CT molecular complexity index is 425.